The second kappa shape index (κ2) is 10.3. The third kappa shape index (κ3) is 5.93. The van der Waals surface area contributed by atoms with Crippen molar-refractivity contribution in [3.05, 3.63) is 78.1 Å². The smallest absolute Gasteiger partial charge is 0.464 e. The quantitative estimate of drug-likeness (QED) is 0.335. The number of furan rings is 1. The van der Waals surface area contributed by atoms with Gasteiger partial charge in [-0.15, -0.1) is 13.2 Å². The van der Waals surface area contributed by atoms with E-state index >= 15 is 0 Å². The van der Waals surface area contributed by atoms with Gasteiger partial charge in [0.05, 0.1) is 24.5 Å². The third-order valence-electron chi connectivity index (χ3n) is 7.20. The summed E-state index contributed by atoms with van der Waals surface area (Å²) in [5, 5.41) is 0. The number of hydrogen-bond acceptors (Lipinski definition) is 5. The van der Waals surface area contributed by atoms with Crippen LogP contribution in [0.5, 0.6) is 5.75 Å². The Morgan fingerprint density at radius 3 is 2.49 bits per heavy atom. The average molecular weight is 544 g/mol. The van der Waals surface area contributed by atoms with Gasteiger partial charge >= 0.3 is 12.5 Å². The minimum atomic E-state index is -4.81. The number of piperidine rings is 1. The van der Waals surface area contributed by atoms with Crippen LogP contribution in [0.2, 0.25) is 0 Å². The largest absolute Gasteiger partial charge is 0.573 e. The van der Waals surface area contributed by atoms with E-state index in [1.54, 1.807) is 23.1 Å². The number of halogens is 3. The van der Waals surface area contributed by atoms with E-state index in [0.29, 0.717) is 42.7 Å². The van der Waals surface area contributed by atoms with E-state index in [0.717, 1.165) is 5.56 Å². The molecule has 2 saturated heterocycles. The summed E-state index contributed by atoms with van der Waals surface area (Å²) in [6.07, 6.45) is -1.81. The highest BCUT2D eigenvalue weighted by Gasteiger charge is 2.53. The van der Waals surface area contributed by atoms with Crippen molar-refractivity contribution in [2.45, 2.75) is 69.6 Å². The Bertz CT molecular complexity index is 1290. The van der Waals surface area contributed by atoms with Crippen molar-refractivity contribution in [2.75, 3.05) is 13.2 Å². The van der Waals surface area contributed by atoms with Crippen LogP contribution in [0, 0.1) is 0 Å². The SMILES string of the molecule is CC(C)(C)OC(=O)N1CCC[C@@]2(C[C@H](c3cc(OC(F)(F)F)ccc3-c3ccco3)CO2)[C@@H]1c1ccccc1. The number of benzene rings is 2. The van der Waals surface area contributed by atoms with Crippen LogP contribution >= 0.6 is 0 Å². The summed E-state index contributed by atoms with van der Waals surface area (Å²) < 4.78 is 61.4. The lowest BCUT2D eigenvalue weighted by molar-refractivity contribution is -0.274. The van der Waals surface area contributed by atoms with Crippen LogP contribution in [-0.4, -0.2) is 41.7 Å². The molecule has 0 radical (unpaired) electrons. The first-order valence-corrected chi connectivity index (χ1v) is 13.1. The zero-order valence-electron chi connectivity index (χ0n) is 22.2. The Hall–Kier alpha value is -3.46. The van der Waals surface area contributed by atoms with Crippen molar-refractivity contribution in [3.8, 4) is 17.1 Å². The molecule has 1 spiro atoms. The highest BCUT2D eigenvalue weighted by molar-refractivity contribution is 5.69. The van der Waals surface area contributed by atoms with Gasteiger partial charge in [-0.05, 0) is 81.5 Å². The monoisotopic (exact) mass is 543 g/mol. The number of alkyl halides is 3. The molecule has 3 heterocycles. The van der Waals surface area contributed by atoms with E-state index in [1.807, 2.05) is 51.1 Å². The molecule has 2 aliphatic rings. The number of hydrogen-bond donors (Lipinski definition) is 0. The van der Waals surface area contributed by atoms with E-state index in [2.05, 4.69) is 4.74 Å². The molecule has 1 amide bonds. The molecule has 39 heavy (non-hydrogen) atoms. The van der Waals surface area contributed by atoms with Crippen LogP contribution in [0.15, 0.2) is 71.3 Å². The third-order valence-corrected chi connectivity index (χ3v) is 7.20. The maximum atomic E-state index is 13.4. The van der Waals surface area contributed by atoms with Crippen LogP contribution < -0.4 is 4.74 Å². The Kier molecular flexibility index (Phi) is 7.13. The molecule has 0 bridgehead atoms. The molecular formula is C30H32F3NO5. The lowest BCUT2D eigenvalue weighted by Crippen LogP contribution is -2.53. The first-order chi connectivity index (χ1) is 18.4. The van der Waals surface area contributed by atoms with Gasteiger partial charge in [0.25, 0.3) is 0 Å². The molecule has 1 aromatic heterocycles. The summed E-state index contributed by atoms with van der Waals surface area (Å²) in [6, 6.07) is 17.1. The van der Waals surface area contributed by atoms with Gasteiger partial charge in [-0.25, -0.2) is 4.79 Å². The summed E-state index contributed by atoms with van der Waals surface area (Å²) >= 11 is 0. The first kappa shape index (κ1) is 27.1. The number of carbonyl (C=O) groups is 1. The van der Waals surface area contributed by atoms with Crippen molar-refractivity contribution >= 4 is 6.09 Å². The van der Waals surface area contributed by atoms with E-state index < -0.39 is 29.7 Å². The predicted octanol–water partition coefficient (Wildman–Crippen LogP) is 7.86. The van der Waals surface area contributed by atoms with Crippen LogP contribution in [0.3, 0.4) is 0 Å². The molecule has 2 aliphatic heterocycles. The molecule has 0 N–H and O–H groups in total. The molecule has 0 aliphatic carbocycles. The van der Waals surface area contributed by atoms with Crippen LogP contribution in [0.4, 0.5) is 18.0 Å². The van der Waals surface area contributed by atoms with Gasteiger partial charge < -0.3 is 18.6 Å². The lowest BCUT2D eigenvalue weighted by atomic mass is 9.75. The standard InChI is InChI=1S/C30H32F3NO5/c1-28(2,3)39-27(35)34-15-8-14-29(26(34)20-9-5-4-6-10-20)18-21(19-37-29)24-17-22(38-30(31,32)33)12-13-23(24)25-11-7-16-36-25/h4-7,9-13,16-17,21,26H,8,14-15,18-19H2,1-3H3/t21-,26-,29+/m0/s1. The molecule has 6 nitrogen and oxygen atoms in total. The maximum absolute atomic E-state index is 13.4. The molecule has 9 heteroatoms. The van der Waals surface area contributed by atoms with E-state index in [-0.39, 0.29) is 18.3 Å². The van der Waals surface area contributed by atoms with Gasteiger partial charge in [0.2, 0.25) is 0 Å². The molecule has 0 saturated carbocycles. The molecule has 2 fully saturated rings. The second-order valence-electron chi connectivity index (χ2n) is 11.1. The molecule has 208 valence electrons. The highest BCUT2D eigenvalue weighted by atomic mass is 19.4. The molecule has 3 atom stereocenters. The number of amides is 1. The molecule has 5 rings (SSSR count). The predicted molar refractivity (Wildman–Crippen MR) is 138 cm³/mol. The van der Waals surface area contributed by atoms with Crippen molar-refractivity contribution in [3.63, 3.8) is 0 Å². The van der Waals surface area contributed by atoms with Gasteiger partial charge in [-0.1, -0.05) is 30.3 Å². The summed E-state index contributed by atoms with van der Waals surface area (Å²) in [7, 11) is 0. The van der Waals surface area contributed by atoms with Gasteiger partial charge in [0, 0.05) is 18.0 Å². The van der Waals surface area contributed by atoms with E-state index in [4.69, 9.17) is 13.9 Å². The van der Waals surface area contributed by atoms with Crippen molar-refractivity contribution < 1.29 is 36.6 Å². The second-order valence-corrected chi connectivity index (χ2v) is 11.1. The fourth-order valence-electron chi connectivity index (χ4n) is 5.83. The zero-order chi connectivity index (χ0) is 27.8. The topological polar surface area (TPSA) is 61.1 Å². The Labute approximate surface area is 225 Å². The van der Waals surface area contributed by atoms with E-state index in [9.17, 15) is 18.0 Å². The Morgan fingerprint density at radius 2 is 1.82 bits per heavy atom. The minimum Gasteiger partial charge on any atom is -0.464 e. The highest BCUT2D eigenvalue weighted by Crippen LogP contribution is 2.53. The molecule has 3 aromatic rings. The van der Waals surface area contributed by atoms with Crippen LogP contribution in [0.25, 0.3) is 11.3 Å². The molecular weight excluding hydrogens is 511 g/mol. The Morgan fingerprint density at radius 1 is 1.05 bits per heavy atom. The van der Waals surface area contributed by atoms with Crippen molar-refractivity contribution in [1.82, 2.24) is 4.90 Å². The minimum absolute atomic E-state index is 0.258. The number of carbonyl (C=O) groups excluding carboxylic acids is 1. The van der Waals surface area contributed by atoms with E-state index in [1.165, 1.54) is 18.4 Å². The number of nitrogens with zero attached hydrogens (tertiary/aromatic N) is 1. The van der Waals surface area contributed by atoms with Crippen LogP contribution in [0.1, 0.15) is 63.1 Å². The zero-order valence-corrected chi connectivity index (χ0v) is 22.2. The average Bonchev–Trinajstić information content (AvgIpc) is 3.53. The number of ether oxygens (including phenoxy) is 3. The van der Waals surface area contributed by atoms with Gasteiger partial charge in [-0.3, -0.25) is 4.90 Å². The molecule has 2 aromatic carbocycles. The number of rotatable bonds is 4. The van der Waals surface area contributed by atoms with Gasteiger partial charge in [0.15, 0.2) is 0 Å². The fraction of sp³-hybridized carbons (Fsp3) is 0.433. The van der Waals surface area contributed by atoms with Crippen molar-refractivity contribution in [2.24, 2.45) is 0 Å². The summed E-state index contributed by atoms with van der Waals surface area (Å²) in [5.41, 5.74) is 0.826. The first-order valence-electron chi connectivity index (χ1n) is 13.1. The maximum Gasteiger partial charge on any atom is 0.573 e. The van der Waals surface area contributed by atoms with Gasteiger partial charge in [-0.2, -0.15) is 0 Å². The normalized spacial score (nSPS) is 23.7. The molecule has 0 unspecified atom stereocenters. The number of likely N-dealkylation sites (tertiary alicyclic amines) is 1. The van der Waals surface area contributed by atoms with Crippen molar-refractivity contribution in [1.29, 1.82) is 0 Å². The summed E-state index contributed by atoms with van der Waals surface area (Å²) in [6.45, 7) is 6.27. The summed E-state index contributed by atoms with van der Waals surface area (Å²) in [4.78, 5) is 15.1. The van der Waals surface area contributed by atoms with Crippen LogP contribution in [-0.2, 0) is 9.47 Å². The lowest BCUT2D eigenvalue weighted by Gasteiger charge is -2.47. The van der Waals surface area contributed by atoms with Gasteiger partial charge in [0.1, 0.15) is 17.1 Å². The summed E-state index contributed by atoms with van der Waals surface area (Å²) in [5.74, 6) is -0.0118. The fourth-order valence-corrected chi connectivity index (χ4v) is 5.83. The Balaban J connectivity index is 1.53.